The Bertz CT molecular complexity index is 1130. The Balaban J connectivity index is 1.70. The van der Waals surface area contributed by atoms with E-state index in [0.29, 0.717) is 6.54 Å². The van der Waals surface area contributed by atoms with Gasteiger partial charge in [-0.3, -0.25) is 4.79 Å². The van der Waals surface area contributed by atoms with Gasteiger partial charge in [0.2, 0.25) is 0 Å². The third-order valence-electron chi connectivity index (χ3n) is 4.15. The first-order chi connectivity index (χ1) is 13.1. The van der Waals surface area contributed by atoms with Crippen molar-refractivity contribution < 1.29 is 13.6 Å². The minimum atomic E-state index is -0.640. The Morgan fingerprint density at radius 2 is 1.67 bits per heavy atom. The van der Waals surface area contributed by atoms with Crippen molar-refractivity contribution in [3.05, 3.63) is 89.5 Å². The third kappa shape index (κ3) is 3.27. The number of amides is 1. The van der Waals surface area contributed by atoms with E-state index in [1.807, 2.05) is 30.3 Å². The summed E-state index contributed by atoms with van der Waals surface area (Å²) >= 11 is 0. The Hall–Kier alpha value is -3.61. The maximum Gasteiger partial charge on any atom is 0.258 e. The molecule has 4 aromatic rings. The van der Waals surface area contributed by atoms with E-state index in [1.165, 1.54) is 35.0 Å². The fourth-order valence-corrected chi connectivity index (χ4v) is 2.85. The molecular formula is C20H14F2N4O. The van der Waals surface area contributed by atoms with Crippen molar-refractivity contribution in [3.8, 4) is 0 Å². The molecule has 0 radical (unpaired) electrons. The molecule has 0 saturated carbocycles. The molecule has 0 aliphatic rings. The third-order valence-corrected chi connectivity index (χ3v) is 4.15. The number of carbonyl (C=O) groups is 1. The van der Waals surface area contributed by atoms with Gasteiger partial charge >= 0.3 is 0 Å². The van der Waals surface area contributed by atoms with Crippen LogP contribution in [-0.4, -0.2) is 20.9 Å². The number of hydrogen-bond acceptors (Lipinski definition) is 3. The van der Waals surface area contributed by atoms with E-state index in [-0.39, 0.29) is 22.3 Å². The second-order valence-corrected chi connectivity index (χ2v) is 5.96. The lowest BCUT2D eigenvalue weighted by atomic mass is 10.2. The topological polar surface area (TPSA) is 59.8 Å². The first kappa shape index (κ1) is 16.8. The van der Waals surface area contributed by atoms with Crippen LogP contribution in [0.1, 0.15) is 15.9 Å². The van der Waals surface area contributed by atoms with Crippen LogP contribution in [-0.2, 0) is 6.54 Å². The molecule has 0 aliphatic heterocycles. The van der Waals surface area contributed by atoms with Crippen LogP contribution in [0.15, 0.2) is 66.7 Å². The molecule has 134 valence electrons. The lowest BCUT2D eigenvalue weighted by Gasteiger charge is -2.08. The fraction of sp³-hybridized carbons (Fsp3) is 0.0500. The van der Waals surface area contributed by atoms with Gasteiger partial charge in [0, 0.05) is 0 Å². The minimum absolute atomic E-state index is 0.105. The predicted octanol–water partition coefficient (Wildman–Crippen LogP) is 4.01. The van der Waals surface area contributed by atoms with Gasteiger partial charge in [-0.2, -0.15) is 0 Å². The maximum absolute atomic E-state index is 14.4. The number of nitrogens with one attached hydrogen (secondary N) is 1. The molecule has 0 aliphatic carbocycles. The van der Waals surface area contributed by atoms with Crippen LogP contribution in [0, 0.1) is 11.6 Å². The number of fused-ring (bicyclic) bond motifs is 1. The molecule has 7 heteroatoms. The first-order valence-corrected chi connectivity index (χ1v) is 8.25. The van der Waals surface area contributed by atoms with E-state index < -0.39 is 17.5 Å². The average molecular weight is 364 g/mol. The van der Waals surface area contributed by atoms with Crippen LogP contribution in [0.2, 0.25) is 0 Å². The van der Waals surface area contributed by atoms with Gasteiger partial charge in [0.25, 0.3) is 5.91 Å². The number of anilines is 1. The molecule has 1 heterocycles. The summed E-state index contributed by atoms with van der Waals surface area (Å²) in [6.07, 6.45) is 0. The molecule has 0 bridgehead atoms. The number of benzene rings is 3. The molecule has 3 aromatic carbocycles. The second kappa shape index (κ2) is 6.95. The molecule has 0 atom stereocenters. The molecule has 1 amide bonds. The molecule has 0 saturated heterocycles. The summed E-state index contributed by atoms with van der Waals surface area (Å²) in [6, 6.07) is 17.7. The minimum Gasteiger partial charge on any atom is -0.320 e. The predicted molar refractivity (Wildman–Crippen MR) is 97.4 cm³/mol. The van der Waals surface area contributed by atoms with Gasteiger partial charge in [-0.25, -0.2) is 13.5 Å². The van der Waals surface area contributed by atoms with Gasteiger partial charge in [0.15, 0.2) is 5.82 Å². The molecule has 1 aromatic heterocycles. The molecule has 0 unspecified atom stereocenters. The summed E-state index contributed by atoms with van der Waals surface area (Å²) in [4.78, 5) is 12.4. The summed E-state index contributed by atoms with van der Waals surface area (Å²) in [5, 5.41) is 10.6. The lowest BCUT2D eigenvalue weighted by Crippen LogP contribution is -2.14. The van der Waals surface area contributed by atoms with Crippen molar-refractivity contribution in [2.24, 2.45) is 0 Å². The zero-order chi connectivity index (χ0) is 18.8. The first-order valence-electron chi connectivity index (χ1n) is 8.25. The number of aromatic nitrogens is 3. The van der Waals surface area contributed by atoms with Gasteiger partial charge in [-0.1, -0.05) is 47.7 Å². The number of rotatable bonds is 4. The normalized spacial score (nSPS) is 10.9. The van der Waals surface area contributed by atoms with Crippen molar-refractivity contribution in [2.45, 2.75) is 6.54 Å². The SMILES string of the molecule is O=C(Nc1ccc(F)c2c1nnn2Cc1ccccc1)c1ccccc1F. The standard InChI is InChI=1S/C20H14F2N4O/c21-15-9-5-4-8-14(15)20(27)23-17-11-10-16(22)19-18(17)24-25-26(19)12-13-6-2-1-3-7-13/h1-11H,12H2,(H,23,27). The molecular weight excluding hydrogens is 350 g/mol. The number of carbonyl (C=O) groups excluding carboxylic acids is 1. The Labute approximate surface area is 153 Å². The van der Waals surface area contributed by atoms with Crippen LogP contribution in [0.25, 0.3) is 11.0 Å². The molecule has 5 nitrogen and oxygen atoms in total. The van der Waals surface area contributed by atoms with Crippen LogP contribution < -0.4 is 5.32 Å². The average Bonchev–Trinajstić information content (AvgIpc) is 3.10. The summed E-state index contributed by atoms with van der Waals surface area (Å²) in [6.45, 7) is 0.332. The van der Waals surface area contributed by atoms with Crippen LogP contribution in [0.5, 0.6) is 0 Å². The van der Waals surface area contributed by atoms with Crippen molar-refractivity contribution in [2.75, 3.05) is 5.32 Å². The number of nitrogens with zero attached hydrogens (tertiary/aromatic N) is 3. The Kier molecular flexibility index (Phi) is 4.33. The van der Waals surface area contributed by atoms with Gasteiger partial charge in [-0.15, -0.1) is 5.10 Å². The van der Waals surface area contributed by atoms with E-state index in [4.69, 9.17) is 0 Å². The quantitative estimate of drug-likeness (QED) is 0.595. The maximum atomic E-state index is 14.4. The zero-order valence-corrected chi connectivity index (χ0v) is 14.1. The van der Waals surface area contributed by atoms with Crippen LogP contribution in [0.4, 0.5) is 14.5 Å². The molecule has 1 N–H and O–H groups in total. The van der Waals surface area contributed by atoms with Gasteiger partial charge in [0.05, 0.1) is 17.8 Å². The summed E-state index contributed by atoms with van der Waals surface area (Å²) in [5.41, 5.74) is 1.47. The van der Waals surface area contributed by atoms with Gasteiger partial charge < -0.3 is 5.32 Å². The Morgan fingerprint density at radius 3 is 2.44 bits per heavy atom. The highest BCUT2D eigenvalue weighted by atomic mass is 19.1. The molecule has 4 rings (SSSR count). The zero-order valence-electron chi connectivity index (χ0n) is 14.1. The highest BCUT2D eigenvalue weighted by molar-refractivity contribution is 6.08. The van der Waals surface area contributed by atoms with E-state index >= 15 is 0 Å². The van der Waals surface area contributed by atoms with Crippen molar-refractivity contribution in [3.63, 3.8) is 0 Å². The second-order valence-electron chi connectivity index (χ2n) is 5.96. The molecule has 0 fully saturated rings. The number of halogens is 2. The fourth-order valence-electron chi connectivity index (χ4n) is 2.85. The largest absolute Gasteiger partial charge is 0.320 e. The molecule has 0 spiro atoms. The van der Waals surface area contributed by atoms with E-state index in [2.05, 4.69) is 15.6 Å². The highest BCUT2D eigenvalue weighted by Crippen LogP contribution is 2.25. The van der Waals surface area contributed by atoms with Crippen LogP contribution in [0.3, 0.4) is 0 Å². The monoisotopic (exact) mass is 364 g/mol. The van der Waals surface area contributed by atoms with Gasteiger partial charge in [0.1, 0.15) is 16.9 Å². The number of hydrogen-bond donors (Lipinski definition) is 1. The summed E-state index contributed by atoms with van der Waals surface area (Å²) in [5.74, 6) is -1.78. The van der Waals surface area contributed by atoms with E-state index in [0.717, 1.165) is 5.56 Å². The van der Waals surface area contributed by atoms with E-state index in [9.17, 15) is 13.6 Å². The molecule has 27 heavy (non-hydrogen) atoms. The van der Waals surface area contributed by atoms with Crippen molar-refractivity contribution in [1.29, 1.82) is 0 Å². The smallest absolute Gasteiger partial charge is 0.258 e. The lowest BCUT2D eigenvalue weighted by molar-refractivity contribution is 0.102. The highest BCUT2D eigenvalue weighted by Gasteiger charge is 2.17. The van der Waals surface area contributed by atoms with Gasteiger partial charge in [-0.05, 0) is 29.8 Å². The van der Waals surface area contributed by atoms with Crippen molar-refractivity contribution in [1.82, 2.24) is 15.0 Å². The van der Waals surface area contributed by atoms with Crippen LogP contribution >= 0.6 is 0 Å². The summed E-state index contributed by atoms with van der Waals surface area (Å²) in [7, 11) is 0. The van der Waals surface area contributed by atoms with E-state index in [1.54, 1.807) is 6.07 Å². The Morgan fingerprint density at radius 1 is 0.926 bits per heavy atom. The summed E-state index contributed by atoms with van der Waals surface area (Å²) < 4.78 is 29.7. The van der Waals surface area contributed by atoms with Crippen molar-refractivity contribution >= 4 is 22.6 Å².